The summed E-state index contributed by atoms with van der Waals surface area (Å²) in [4.78, 5) is 12.4. The molecule has 0 aliphatic carbocycles. The van der Waals surface area contributed by atoms with Gasteiger partial charge in [0.2, 0.25) is 0 Å². The first kappa shape index (κ1) is 23.0. The van der Waals surface area contributed by atoms with Crippen LogP contribution in [0.3, 0.4) is 0 Å². The van der Waals surface area contributed by atoms with Gasteiger partial charge in [0, 0.05) is 16.9 Å². The van der Waals surface area contributed by atoms with Gasteiger partial charge < -0.3 is 14.8 Å². The minimum atomic E-state index is -4.06. The van der Waals surface area contributed by atoms with Crippen molar-refractivity contribution in [2.24, 2.45) is 0 Å². The van der Waals surface area contributed by atoms with Gasteiger partial charge in [-0.05, 0) is 61.5 Å². The maximum atomic E-state index is 12.9. The van der Waals surface area contributed by atoms with Crippen LogP contribution in [-0.2, 0) is 10.0 Å². The van der Waals surface area contributed by atoms with Crippen molar-refractivity contribution in [2.45, 2.75) is 18.4 Å². The number of carbonyl (C=O) groups is 1. The molecule has 3 rings (SSSR count). The first-order valence-corrected chi connectivity index (χ1v) is 10.8. The highest BCUT2D eigenvalue weighted by Crippen LogP contribution is 2.28. The Labute approximate surface area is 184 Å². The van der Waals surface area contributed by atoms with E-state index in [1.165, 1.54) is 49.6 Å². The zero-order valence-electron chi connectivity index (χ0n) is 17.1. The lowest BCUT2D eigenvalue weighted by Crippen LogP contribution is -2.17. The quantitative estimate of drug-likeness (QED) is 0.508. The fraction of sp³-hybridized carbons (Fsp3) is 0.136. The SMILES string of the molecule is COc1ccc(C(=O)Nc2ccc(OC(F)F)cc2)cc1S(=O)(=O)Nc1ccc(C)cc1. The molecule has 7 nitrogen and oxygen atoms in total. The molecule has 0 saturated carbocycles. The van der Waals surface area contributed by atoms with E-state index >= 15 is 0 Å². The first-order valence-electron chi connectivity index (χ1n) is 9.32. The van der Waals surface area contributed by atoms with Crippen LogP contribution in [0.5, 0.6) is 11.5 Å². The Bertz CT molecular complexity index is 1200. The van der Waals surface area contributed by atoms with E-state index in [9.17, 15) is 22.0 Å². The number of anilines is 2. The van der Waals surface area contributed by atoms with Crippen LogP contribution in [0.4, 0.5) is 20.2 Å². The van der Waals surface area contributed by atoms with E-state index < -0.39 is 22.5 Å². The van der Waals surface area contributed by atoms with Crippen LogP contribution in [0.1, 0.15) is 15.9 Å². The second-order valence-corrected chi connectivity index (χ2v) is 8.34. The molecule has 1 amide bonds. The van der Waals surface area contributed by atoms with Crippen LogP contribution in [0.25, 0.3) is 0 Å². The molecule has 0 aromatic heterocycles. The van der Waals surface area contributed by atoms with E-state index in [0.717, 1.165) is 5.56 Å². The Hall–Kier alpha value is -3.66. The highest BCUT2D eigenvalue weighted by atomic mass is 32.2. The van der Waals surface area contributed by atoms with Gasteiger partial charge in [0.05, 0.1) is 7.11 Å². The van der Waals surface area contributed by atoms with Crippen LogP contribution in [-0.4, -0.2) is 28.0 Å². The van der Waals surface area contributed by atoms with Crippen LogP contribution in [0, 0.1) is 6.92 Å². The predicted octanol–water partition coefficient (Wildman–Crippen LogP) is 4.66. The van der Waals surface area contributed by atoms with Gasteiger partial charge >= 0.3 is 6.61 Å². The molecule has 0 spiro atoms. The lowest BCUT2D eigenvalue weighted by atomic mass is 10.2. The van der Waals surface area contributed by atoms with Crippen molar-refractivity contribution in [1.82, 2.24) is 0 Å². The van der Waals surface area contributed by atoms with Gasteiger partial charge in [0.1, 0.15) is 16.4 Å². The monoisotopic (exact) mass is 462 g/mol. The van der Waals surface area contributed by atoms with E-state index in [2.05, 4.69) is 14.8 Å². The van der Waals surface area contributed by atoms with E-state index in [-0.39, 0.29) is 22.0 Å². The largest absolute Gasteiger partial charge is 0.495 e. The third-order valence-corrected chi connectivity index (χ3v) is 5.76. The molecule has 3 aromatic carbocycles. The van der Waals surface area contributed by atoms with Crippen molar-refractivity contribution in [1.29, 1.82) is 0 Å². The van der Waals surface area contributed by atoms with Crippen molar-refractivity contribution >= 4 is 27.3 Å². The fourth-order valence-corrected chi connectivity index (χ4v) is 4.04. The Morgan fingerprint density at radius 2 is 1.56 bits per heavy atom. The summed E-state index contributed by atoms with van der Waals surface area (Å²) < 4.78 is 62.2. The first-order chi connectivity index (χ1) is 15.2. The Balaban J connectivity index is 1.83. The van der Waals surface area contributed by atoms with Crippen molar-refractivity contribution in [2.75, 3.05) is 17.1 Å². The molecule has 2 N–H and O–H groups in total. The second kappa shape index (κ2) is 9.65. The van der Waals surface area contributed by atoms with Gasteiger partial charge in [0.25, 0.3) is 15.9 Å². The summed E-state index contributed by atoms with van der Waals surface area (Å²) in [6.07, 6.45) is 0. The number of hydrogen-bond acceptors (Lipinski definition) is 5. The predicted molar refractivity (Wildman–Crippen MR) is 116 cm³/mol. The van der Waals surface area contributed by atoms with Crippen molar-refractivity contribution in [3.05, 3.63) is 77.9 Å². The van der Waals surface area contributed by atoms with E-state index in [1.54, 1.807) is 24.3 Å². The number of hydrogen-bond donors (Lipinski definition) is 2. The topological polar surface area (TPSA) is 93.7 Å². The maximum absolute atomic E-state index is 12.9. The smallest absolute Gasteiger partial charge is 0.387 e. The van der Waals surface area contributed by atoms with Crippen molar-refractivity contribution in [3.8, 4) is 11.5 Å². The molecule has 0 bridgehead atoms. The molecule has 0 heterocycles. The van der Waals surface area contributed by atoms with Gasteiger partial charge in [-0.25, -0.2) is 8.42 Å². The third-order valence-electron chi connectivity index (χ3n) is 4.36. The lowest BCUT2D eigenvalue weighted by Gasteiger charge is -2.13. The standard InChI is InChI=1S/C22H20F2N2O5S/c1-14-3-6-17(7-4-14)26-32(28,29)20-13-15(5-12-19(20)30-2)21(27)25-16-8-10-18(11-9-16)31-22(23)24/h3-13,22,26H,1-2H3,(H,25,27). The fourth-order valence-electron chi connectivity index (χ4n) is 2.78. The summed E-state index contributed by atoms with van der Waals surface area (Å²) in [5.41, 5.74) is 1.70. The van der Waals surface area contributed by atoms with Gasteiger partial charge in [-0.1, -0.05) is 17.7 Å². The molecule has 0 fully saturated rings. The Kier molecular flexibility index (Phi) is 6.94. The van der Waals surface area contributed by atoms with Gasteiger partial charge in [-0.3, -0.25) is 9.52 Å². The van der Waals surface area contributed by atoms with Crippen LogP contribution in [0.15, 0.2) is 71.6 Å². The lowest BCUT2D eigenvalue weighted by molar-refractivity contribution is -0.0498. The molecule has 168 valence electrons. The molecule has 0 aliphatic rings. The summed E-state index contributed by atoms with van der Waals surface area (Å²) in [7, 11) is -2.74. The van der Waals surface area contributed by atoms with E-state index in [0.29, 0.717) is 11.4 Å². The molecule has 32 heavy (non-hydrogen) atoms. The number of benzene rings is 3. The highest BCUT2D eigenvalue weighted by Gasteiger charge is 2.22. The van der Waals surface area contributed by atoms with E-state index in [1.807, 2.05) is 6.92 Å². The van der Waals surface area contributed by atoms with Crippen molar-refractivity contribution < 1.29 is 31.5 Å². The number of aryl methyl sites for hydroxylation is 1. The molecular formula is C22H20F2N2O5S. The molecule has 0 atom stereocenters. The van der Waals surface area contributed by atoms with E-state index in [4.69, 9.17) is 4.74 Å². The normalized spacial score (nSPS) is 11.2. The molecule has 0 saturated heterocycles. The number of sulfonamides is 1. The minimum Gasteiger partial charge on any atom is -0.495 e. The van der Waals surface area contributed by atoms with Crippen LogP contribution in [0.2, 0.25) is 0 Å². The average Bonchev–Trinajstić information content (AvgIpc) is 2.75. The summed E-state index contributed by atoms with van der Waals surface area (Å²) in [6, 6.07) is 16.1. The van der Waals surface area contributed by atoms with Crippen molar-refractivity contribution in [3.63, 3.8) is 0 Å². The molecule has 0 aliphatic heterocycles. The molecule has 10 heteroatoms. The average molecular weight is 462 g/mol. The minimum absolute atomic E-state index is 0.0574. The Morgan fingerprint density at radius 3 is 2.16 bits per heavy atom. The maximum Gasteiger partial charge on any atom is 0.387 e. The molecule has 0 unspecified atom stereocenters. The number of nitrogens with one attached hydrogen (secondary N) is 2. The number of rotatable bonds is 8. The number of ether oxygens (including phenoxy) is 2. The van der Waals surface area contributed by atoms with Gasteiger partial charge in [0.15, 0.2) is 0 Å². The second-order valence-electron chi connectivity index (χ2n) is 6.69. The number of carbonyl (C=O) groups excluding carboxylic acids is 1. The highest BCUT2D eigenvalue weighted by molar-refractivity contribution is 7.92. The summed E-state index contributed by atoms with van der Waals surface area (Å²) in [5, 5.41) is 2.57. The number of methoxy groups -OCH3 is 1. The number of halogens is 2. The summed E-state index contributed by atoms with van der Waals surface area (Å²) >= 11 is 0. The Morgan fingerprint density at radius 1 is 0.938 bits per heavy atom. The van der Waals surface area contributed by atoms with Crippen LogP contribution < -0.4 is 19.5 Å². The summed E-state index contributed by atoms with van der Waals surface area (Å²) in [6.45, 7) is -1.08. The third kappa shape index (κ3) is 5.73. The zero-order valence-corrected chi connectivity index (χ0v) is 18.0. The van der Waals surface area contributed by atoms with Gasteiger partial charge in [-0.15, -0.1) is 0 Å². The number of alkyl halides is 2. The summed E-state index contributed by atoms with van der Waals surface area (Å²) in [5.74, 6) is -0.588. The van der Waals surface area contributed by atoms with Gasteiger partial charge in [-0.2, -0.15) is 8.78 Å². The van der Waals surface area contributed by atoms with Crippen LogP contribution >= 0.6 is 0 Å². The molecular weight excluding hydrogens is 442 g/mol. The zero-order chi connectivity index (χ0) is 23.3. The number of amides is 1. The molecule has 3 aromatic rings. The molecule has 0 radical (unpaired) electrons.